The van der Waals surface area contributed by atoms with E-state index in [2.05, 4.69) is 48.5 Å². The van der Waals surface area contributed by atoms with Crippen molar-refractivity contribution < 1.29 is 0 Å². The van der Waals surface area contributed by atoms with Crippen molar-refractivity contribution in [2.75, 3.05) is 24.6 Å². The molecule has 196 valence electrons. The first-order valence-corrected chi connectivity index (χ1v) is 20.1. The Labute approximate surface area is 213 Å². The predicted molar refractivity (Wildman–Crippen MR) is 159 cm³/mol. The Hall–Kier alpha value is 0.910. The van der Waals surface area contributed by atoms with E-state index >= 15 is 0 Å². The molecule has 3 unspecified atom stereocenters. The van der Waals surface area contributed by atoms with Crippen molar-refractivity contribution in [1.82, 2.24) is 0 Å². The molecule has 0 heterocycles. The summed E-state index contributed by atoms with van der Waals surface area (Å²) in [5.41, 5.74) is 0. The fourth-order valence-corrected chi connectivity index (χ4v) is 17.8. The fourth-order valence-electron chi connectivity index (χ4n) is 6.12. The Morgan fingerprint density at radius 1 is 0.469 bits per heavy atom. The van der Waals surface area contributed by atoms with Crippen LogP contribution in [-0.4, -0.2) is 24.6 Å². The van der Waals surface area contributed by atoms with Crippen LogP contribution in [0.25, 0.3) is 0 Å². The van der Waals surface area contributed by atoms with Gasteiger partial charge >= 0.3 is 214 Å². The van der Waals surface area contributed by atoms with Gasteiger partial charge in [-0.05, 0) is 0 Å². The monoisotopic (exact) mass is 534 g/mol. The van der Waals surface area contributed by atoms with E-state index in [-0.39, 0.29) is 0 Å². The molecule has 0 nitrogen and oxygen atoms in total. The second kappa shape index (κ2) is 19.1. The summed E-state index contributed by atoms with van der Waals surface area (Å²) in [6.07, 6.45) is 28.7. The predicted octanol–water partition coefficient (Wildman–Crippen LogP) is 12.1. The standard InChI is InChI=1S/C30H64BrP/c1-8-15-19-20-24-32(31,25-28(12-5)21-16-9-2,26-29(13-6)22-17-10-3)27-30(14-7)23-18-11-4/h28-30H,8-27H2,1-7H3. The summed E-state index contributed by atoms with van der Waals surface area (Å²) in [5.74, 6) is 2.81. The van der Waals surface area contributed by atoms with E-state index in [1.807, 2.05) is 0 Å². The molecular formula is C30H64BrP. The molecule has 0 aromatic rings. The average molecular weight is 536 g/mol. The van der Waals surface area contributed by atoms with Gasteiger partial charge in [-0.1, -0.05) is 0 Å². The van der Waals surface area contributed by atoms with Crippen LogP contribution in [0.4, 0.5) is 0 Å². The third-order valence-electron chi connectivity index (χ3n) is 8.34. The number of hydrogen-bond donors (Lipinski definition) is 0. The molecule has 0 saturated carbocycles. The third-order valence-corrected chi connectivity index (χ3v) is 17.7. The van der Waals surface area contributed by atoms with Crippen LogP contribution < -0.4 is 0 Å². The molecule has 2 heteroatoms. The van der Waals surface area contributed by atoms with E-state index in [1.165, 1.54) is 109 Å². The van der Waals surface area contributed by atoms with Crippen molar-refractivity contribution in [1.29, 1.82) is 0 Å². The van der Waals surface area contributed by atoms with Gasteiger partial charge in [0.15, 0.2) is 0 Å². The molecule has 32 heavy (non-hydrogen) atoms. The number of rotatable bonds is 23. The van der Waals surface area contributed by atoms with Gasteiger partial charge in [0.1, 0.15) is 0 Å². The van der Waals surface area contributed by atoms with Gasteiger partial charge in [-0.2, -0.15) is 0 Å². The van der Waals surface area contributed by atoms with Gasteiger partial charge in [0, 0.05) is 0 Å². The minimum absolute atomic E-state index is 0.936. The van der Waals surface area contributed by atoms with E-state index in [0.717, 1.165) is 17.8 Å². The van der Waals surface area contributed by atoms with Gasteiger partial charge in [0.25, 0.3) is 0 Å². The first-order chi connectivity index (χ1) is 15.3. The second-order valence-electron chi connectivity index (χ2n) is 11.4. The maximum atomic E-state index is 4.88. The van der Waals surface area contributed by atoms with Crippen molar-refractivity contribution >= 4 is 20.8 Å². The Morgan fingerprint density at radius 3 is 1.09 bits per heavy atom. The van der Waals surface area contributed by atoms with Crippen LogP contribution in [0.2, 0.25) is 0 Å². The number of unbranched alkanes of at least 4 members (excludes halogenated alkanes) is 6. The van der Waals surface area contributed by atoms with Gasteiger partial charge in [-0.25, -0.2) is 0 Å². The van der Waals surface area contributed by atoms with Crippen LogP contribution in [0.5, 0.6) is 0 Å². The summed E-state index contributed by atoms with van der Waals surface area (Å²) in [5, 5.41) is -1.94. The van der Waals surface area contributed by atoms with Crippen molar-refractivity contribution in [2.24, 2.45) is 17.8 Å². The summed E-state index contributed by atoms with van der Waals surface area (Å²) < 4.78 is 0. The molecule has 0 fully saturated rings. The molecular weight excluding hydrogens is 471 g/mol. The quantitative estimate of drug-likeness (QED) is 0.0901. The van der Waals surface area contributed by atoms with E-state index in [9.17, 15) is 0 Å². The normalized spacial score (nSPS) is 16.4. The van der Waals surface area contributed by atoms with Gasteiger partial charge in [-0.3, -0.25) is 0 Å². The molecule has 0 amide bonds. The molecule has 0 N–H and O–H groups in total. The summed E-state index contributed by atoms with van der Waals surface area (Å²) in [6, 6.07) is 0. The molecule has 0 aromatic carbocycles. The Kier molecular flexibility index (Phi) is 19.7. The Morgan fingerprint density at radius 2 is 0.812 bits per heavy atom. The summed E-state index contributed by atoms with van der Waals surface area (Å²) in [6.45, 7) is 16.9. The molecule has 0 rings (SSSR count). The molecule has 0 aliphatic heterocycles. The van der Waals surface area contributed by atoms with Crippen molar-refractivity contribution in [3.8, 4) is 0 Å². The molecule has 0 spiro atoms. The molecule has 0 aliphatic rings. The van der Waals surface area contributed by atoms with Crippen molar-refractivity contribution in [3.05, 3.63) is 0 Å². The van der Waals surface area contributed by atoms with Gasteiger partial charge in [-0.15, -0.1) is 0 Å². The summed E-state index contributed by atoms with van der Waals surface area (Å²) >= 11 is 4.88. The maximum absolute atomic E-state index is 4.88. The Balaban J connectivity index is 6.03. The number of hydrogen-bond acceptors (Lipinski definition) is 0. The first kappa shape index (κ1) is 32.9. The zero-order valence-electron chi connectivity index (χ0n) is 23.7. The van der Waals surface area contributed by atoms with Crippen LogP contribution >= 0.6 is 20.8 Å². The summed E-state index contributed by atoms with van der Waals surface area (Å²) in [4.78, 5) is 0. The number of halogens is 1. The molecule has 0 bridgehead atoms. The Bertz CT molecular complexity index is 373. The SMILES string of the molecule is CCCCCCP(Br)(CC(CC)CCCC)(CC(CC)CCCC)CC(CC)CCCC. The van der Waals surface area contributed by atoms with E-state index in [1.54, 1.807) is 18.5 Å². The van der Waals surface area contributed by atoms with Crippen molar-refractivity contribution in [3.63, 3.8) is 0 Å². The van der Waals surface area contributed by atoms with E-state index in [0.29, 0.717) is 0 Å². The second-order valence-corrected chi connectivity index (χ2v) is 22.6. The third kappa shape index (κ3) is 13.7. The van der Waals surface area contributed by atoms with Gasteiger partial charge in [0.05, 0.1) is 0 Å². The zero-order chi connectivity index (χ0) is 24.3. The fraction of sp³-hybridized carbons (Fsp3) is 1.00. The van der Waals surface area contributed by atoms with Gasteiger partial charge < -0.3 is 0 Å². The van der Waals surface area contributed by atoms with Crippen LogP contribution in [0.15, 0.2) is 0 Å². The molecule has 0 radical (unpaired) electrons. The zero-order valence-corrected chi connectivity index (χ0v) is 26.2. The van der Waals surface area contributed by atoms with Crippen LogP contribution in [0, 0.1) is 17.8 Å². The molecule has 0 aromatic heterocycles. The van der Waals surface area contributed by atoms with Crippen LogP contribution in [0.1, 0.15) is 151 Å². The minimum atomic E-state index is -1.94. The van der Waals surface area contributed by atoms with Gasteiger partial charge in [0.2, 0.25) is 0 Å². The summed E-state index contributed by atoms with van der Waals surface area (Å²) in [7, 11) is 0. The van der Waals surface area contributed by atoms with Crippen LogP contribution in [0.3, 0.4) is 0 Å². The van der Waals surface area contributed by atoms with E-state index < -0.39 is 5.31 Å². The average Bonchev–Trinajstić information content (AvgIpc) is 2.80. The first-order valence-electron chi connectivity index (χ1n) is 15.1. The molecule has 3 atom stereocenters. The molecule has 0 aliphatic carbocycles. The topological polar surface area (TPSA) is 0 Å². The van der Waals surface area contributed by atoms with Crippen LogP contribution in [-0.2, 0) is 0 Å². The van der Waals surface area contributed by atoms with Crippen molar-refractivity contribution in [2.45, 2.75) is 151 Å². The van der Waals surface area contributed by atoms with E-state index in [4.69, 9.17) is 15.5 Å². The molecule has 0 saturated heterocycles.